The largest absolute Gasteiger partial charge is 0.508 e. The summed E-state index contributed by atoms with van der Waals surface area (Å²) in [4.78, 5) is 1.25. The minimum absolute atomic E-state index is 0.315. The summed E-state index contributed by atoms with van der Waals surface area (Å²) in [6.45, 7) is 1.77. The third-order valence-corrected chi connectivity index (χ3v) is 3.73. The average Bonchev–Trinajstić information content (AvgIpc) is 2.73. The molecule has 1 aromatic heterocycles. The fraction of sp³-hybridized carbons (Fsp3) is 0.231. The molecule has 0 aliphatic heterocycles. The van der Waals surface area contributed by atoms with Crippen molar-refractivity contribution in [1.29, 1.82) is 0 Å². The molecule has 0 saturated carbocycles. The Hall–Kier alpha value is -1.03. The SMILES string of the molecule is Oc1ccc(CCNCc2cc(Cl)cs2)cc1. The molecular formula is C13H14ClNOS. The van der Waals surface area contributed by atoms with E-state index in [0.717, 1.165) is 24.5 Å². The van der Waals surface area contributed by atoms with E-state index in [2.05, 4.69) is 5.32 Å². The van der Waals surface area contributed by atoms with E-state index < -0.39 is 0 Å². The molecule has 90 valence electrons. The molecular weight excluding hydrogens is 254 g/mol. The molecule has 0 amide bonds. The topological polar surface area (TPSA) is 32.3 Å². The molecule has 0 aliphatic carbocycles. The van der Waals surface area contributed by atoms with Crippen LogP contribution in [0.2, 0.25) is 5.02 Å². The van der Waals surface area contributed by atoms with E-state index in [1.165, 1.54) is 10.4 Å². The van der Waals surface area contributed by atoms with Crippen molar-refractivity contribution in [2.45, 2.75) is 13.0 Å². The highest BCUT2D eigenvalue weighted by Crippen LogP contribution is 2.18. The number of phenolic OH excluding ortho intramolecular Hbond substituents is 1. The van der Waals surface area contributed by atoms with Gasteiger partial charge in [0.2, 0.25) is 0 Å². The third-order valence-electron chi connectivity index (χ3n) is 2.45. The van der Waals surface area contributed by atoms with Crippen LogP contribution in [0.1, 0.15) is 10.4 Å². The summed E-state index contributed by atoms with van der Waals surface area (Å²) in [7, 11) is 0. The molecule has 0 bridgehead atoms. The fourth-order valence-corrected chi connectivity index (χ4v) is 2.60. The highest BCUT2D eigenvalue weighted by Gasteiger charge is 1.97. The van der Waals surface area contributed by atoms with Crippen molar-refractivity contribution in [1.82, 2.24) is 5.32 Å². The summed E-state index contributed by atoms with van der Waals surface area (Å²) in [5.41, 5.74) is 1.22. The number of hydrogen-bond acceptors (Lipinski definition) is 3. The Bertz CT molecular complexity index is 467. The van der Waals surface area contributed by atoms with E-state index in [-0.39, 0.29) is 0 Å². The molecule has 2 N–H and O–H groups in total. The molecule has 1 heterocycles. The van der Waals surface area contributed by atoms with Crippen molar-refractivity contribution < 1.29 is 5.11 Å². The number of nitrogens with one attached hydrogen (secondary N) is 1. The van der Waals surface area contributed by atoms with Crippen LogP contribution in [0.4, 0.5) is 0 Å². The van der Waals surface area contributed by atoms with Gasteiger partial charge < -0.3 is 10.4 Å². The maximum atomic E-state index is 9.15. The first-order valence-electron chi connectivity index (χ1n) is 5.45. The smallest absolute Gasteiger partial charge is 0.115 e. The van der Waals surface area contributed by atoms with Crippen LogP contribution in [0.15, 0.2) is 35.7 Å². The molecule has 17 heavy (non-hydrogen) atoms. The van der Waals surface area contributed by atoms with Crippen LogP contribution in [0.25, 0.3) is 0 Å². The van der Waals surface area contributed by atoms with Crippen molar-refractivity contribution in [3.05, 3.63) is 51.2 Å². The summed E-state index contributed by atoms with van der Waals surface area (Å²) in [6.07, 6.45) is 0.958. The summed E-state index contributed by atoms with van der Waals surface area (Å²) in [6, 6.07) is 9.31. The van der Waals surface area contributed by atoms with Gasteiger partial charge >= 0.3 is 0 Å². The number of halogens is 1. The van der Waals surface area contributed by atoms with Crippen molar-refractivity contribution in [3.63, 3.8) is 0 Å². The van der Waals surface area contributed by atoms with Crippen LogP contribution in [0.5, 0.6) is 5.75 Å². The van der Waals surface area contributed by atoms with E-state index in [0.29, 0.717) is 5.75 Å². The molecule has 1 aromatic carbocycles. The first-order valence-corrected chi connectivity index (χ1v) is 6.71. The van der Waals surface area contributed by atoms with Gasteiger partial charge in [0.25, 0.3) is 0 Å². The quantitative estimate of drug-likeness (QED) is 0.814. The molecule has 0 radical (unpaired) electrons. The van der Waals surface area contributed by atoms with Crippen molar-refractivity contribution >= 4 is 22.9 Å². The number of phenols is 1. The van der Waals surface area contributed by atoms with Gasteiger partial charge in [0.05, 0.1) is 5.02 Å². The van der Waals surface area contributed by atoms with Gasteiger partial charge in [0.1, 0.15) is 5.75 Å². The summed E-state index contributed by atoms with van der Waals surface area (Å²) >= 11 is 7.51. The first kappa shape index (κ1) is 12.4. The number of thiophene rings is 1. The number of hydrogen-bond donors (Lipinski definition) is 2. The Morgan fingerprint density at radius 3 is 2.65 bits per heavy atom. The zero-order valence-corrected chi connectivity index (χ0v) is 10.9. The zero-order chi connectivity index (χ0) is 12.1. The summed E-state index contributed by atoms with van der Waals surface area (Å²) < 4.78 is 0. The zero-order valence-electron chi connectivity index (χ0n) is 9.32. The lowest BCUT2D eigenvalue weighted by molar-refractivity contribution is 0.475. The Balaban J connectivity index is 1.71. The predicted molar refractivity (Wildman–Crippen MR) is 72.8 cm³/mol. The lowest BCUT2D eigenvalue weighted by atomic mass is 10.1. The minimum Gasteiger partial charge on any atom is -0.508 e. The molecule has 0 saturated heterocycles. The Labute approximate surface area is 110 Å². The molecule has 2 nitrogen and oxygen atoms in total. The molecule has 2 aromatic rings. The van der Waals surface area contributed by atoms with Crippen LogP contribution < -0.4 is 5.32 Å². The molecule has 0 atom stereocenters. The number of benzene rings is 1. The van der Waals surface area contributed by atoms with Crippen LogP contribution in [-0.2, 0) is 13.0 Å². The standard InChI is InChI=1S/C13H14ClNOS/c14-11-7-13(17-9-11)8-15-6-5-10-1-3-12(16)4-2-10/h1-4,7,9,15-16H,5-6,8H2. The highest BCUT2D eigenvalue weighted by molar-refractivity contribution is 7.10. The van der Waals surface area contributed by atoms with E-state index in [1.54, 1.807) is 23.5 Å². The van der Waals surface area contributed by atoms with Crippen LogP contribution in [0.3, 0.4) is 0 Å². The lowest BCUT2D eigenvalue weighted by Crippen LogP contribution is -2.15. The minimum atomic E-state index is 0.315. The number of rotatable bonds is 5. The van der Waals surface area contributed by atoms with Gasteiger partial charge in [-0.15, -0.1) is 11.3 Å². The summed E-state index contributed by atoms with van der Waals surface area (Å²) in [5, 5.41) is 15.3. The van der Waals surface area contributed by atoms with Crippen LogP contribution in [-0.4, -0.2) is 11.7 Å². The second-order valence-corrected chi connectivity index (χ2v) is 5.26. The normalized spacial score (nSPS) is 10.6. The van der Waals surface area contributed by atoms with E-state index >= 15 is 0 Å². The molecule has 4 heteroatoms. The van der Waals surface area contributed by atoms with Gasteiger partial charge in [-0.2, -0.15) is 0 Å². The second kappa shape index (κ2) is 6.05. The van der Waals surface area contributed by atoms with E-state index in [9.17, 15) is 0 Å². The van der Waals surface area contributed by atoms with E-state index in [4.69, 9.17) is 16.7 Å². The maximum absolute atomic E-state index is 9.15. The Kier molecular flexibility index (Phi) is 4.42. The van der Waals surface area contributed by atoms with Gasteiger partial charge in [0, 0.05) is 16.8 Å². The molecule has 0 spiro atoms. The Morgan fingerprint density at radius 1 is 1.24 bits per heavy atom. The van der Waals surface area contributed by atoms with Crippen LogP contribution >= 0.6 is 22.9 Å². The molecule has 0 unspecified atom stereocenters. The van der Waals surface area contributed by atoms with Gasteiger partial charge in [0.15, 0.2) is 0 Å². The van der Waals surface area contributed by atoms with Crippen LogP contribution in [0, 0.1) is 0 Å². The molecule has 2 rings (SSSR count). The van der Waals surface area contributed by atoms with Crippen molar-refractivity contribution in [2.75, 3.05) is 6.54 Å². The number of aromatic hydroxyl groups is 1. The third kappa shape index (κ3) is 4.04. The van der Waals surface area contributed by atoms with Gasteiger partial charge in [-0.25, -0.2) is 0 Å². The highest BCUT2D eigenvalue weighted by atomic mass is 35.5. The summed E-state index contributed by atoms with van der Waals surface area (Å²) in [5.74, 6) is 0.315. The maximum Gasteiger partial charge on any atom is 0.115 e. The van der Waals surface area contributed by atoms with Crippen molar-refractivity contribution in [3.8, 4) is 5.75 Å². The van der Waals surface area contributed by atoms with E-state index in [1.807, 2.05) is 23.6 Å². The van der Waals surface area contributed by atoms with Gasteiger partial charge in [-0.3, -0.25) is 0 Å². The fourth-order valence-electron chi connectivity index (χ4n) is 1.55. The monoisotopic (exact) mass is 267 g/mol. The van der Waals surface area contributed by atoms with Gasteiger partial charge in [-0.1, -0.05) is 23.7 Å². The lowest BCUT2D eigenvalue weighted by Gasteiger charge is -2.03. The first-order chi connectivity index (χ1) is 8.24. The predicted octanol–water partition coefficient (Wildman–Crippen LogP) is 3.44. The molecule has 0 aliphatic rings. The second-order valence-electron chi connectivity index (χ2n) is 3.82. The Morgan fingerprint density at radius 2 is 2.00 bits per heavy atom. The van der Waals surface area contributed by atoms with Gasteiger partial charge in [-0.05, 0) is 36.7 Å². The molecule has 0 fully saturated rings. The average molecular weight is 268 g/mol. The van der Waals surface area contributed by atoms with Crippen molar-refractivity contribution in [2.24, 2.45) is 0 Å².